The molecule has 1 aromatic heterocycles. The van der Waals surface area contributed by atoms with Crippen LogP contribution in [0.1, 0.15) is 44.0 Å². The van der Waals surface area contributed by atoms with Gasteiger partial charge in [-0.1, -0.05) is 17.7 Å². The molecule has 3 fully saturated rings. The molecule has 0 unspecified atom stereocenters. The summed E-state index contributed by atoms with van der Waals surface area (Å²) in [5, 5.41) is 10.5. The van der Waals surface area contributed by atoms with Crippen LogP contribution >= 0.6 is 11.6 Å². The molecule has 0 radical (unpaired) electrons. The number of hydrogen-bond acceptors (Lipinski definition) is 8. The normalized spacial score (nSPS) is 21.9. The van der Waals surface area contributed by atoms with Crippen LogP contribution < -0.4 is 9.64 Å². The number of benzene rings is 1. The maximum atomic E-state index is 15.0. The minimum absolute atomic E-state index is 0.00888. The van der Waals surface area contributed by atoms with Gasteiger partial charge in [0.05, 0.1) is 23.8 Å². The second-order valence-corrected chi connectivity index (χ2v) is 12.2. The number of rotatable bonds is 2. The summed E-state index contributed by atoms with van der Waals surface area (Å²) in [6, 6.07) is 3.49. The summed E-state index contributed by atoms with van der Waals surface area (Å²) in [5.74, 6) is -0.959. The number of anilines is 1. The molecule has 214 valence electrons. The molecule has 4 heterocycles. The third-order valence-corrected chi connectivity index (χ3v) is 8.04. The number of aromatic hydroxyl groups is 1. The number of hydrogen-bond donors (Lipinski definition) is 1. The van der Waals surface area contributed by atoms with Crippen molar-refractivity contribution in [3.05, 3.63) is 34.6 Å². The SMILES string of the molecule is CC(C)(C)OC(=O)N1CCN2C(=O)c3c(N4CCOC5(CC5)C4)nc(-c4c(O)cccc4F)c(Cl)c3OC[C@H]2C1. The summed E-state index contributed by atoms with van der Waals surface area (Å²) in [6.07, 6.45) is 1.35. The van der Waals surface area contributed by atoms with Crippen molar-refractivity contribution in [2.24, 2.45) is 0 Å². The van der Waals surface area contributed by atoms with E-state index >= 15 is 4.39 Å². The topological polar surface area (TPSA) is 105 Å². The van der Waals surface area contributed by atoms with Crippen LogP contribution in [-0.2, 0) is 9.47 Å². The maximum absolute atomic E-state index is 15.0. The Bertz CT molecular complexity index is 1360. The van der Waals surface area contributed by atoms with Gasteiger partial charge in [-0.25, -0.2) is 14.2 Å². The first kappa shape index (κ1) is 26.9. The molecule has 2 amide bonds. The molecule has 1 N–H and O–H groups in total. The van der Waals surface area contributed by atoms with E-state index in [1.165, 1.54) is 18.2 Å². The number of piperazine rings is 1. The van der Waals surface area contributed by atoms with Crippen molar-refractivity contribution >= 4 is 29.4 Å². The van der Waals surface area contributed by atoms with Gasteiger partial charge in [0.2, 0.25) is 0 Å². The van der Waals surface area contributed by atoms with E-state index in [0.717, 1.165) is 12.8 Å². The van der Waals surface area contributed by atoms with Gasteiger partial charge in [0.25, 0.3) is 5.91 Å². The van der Waals surface area contributed by atoms with E-state index in [4.69, 9.17) is 30.8 Å². The van der Waals surface area contributed by atoms with Crippen LogP contribution in [0, 0.1) is 5.82 Å². The van der Waals surface area contributed by atoms with Crippen LogP contribution in [0.25, 0.3) is 11.3 Å². The molecule has 6 rings (SSSR count). The van der Waals surface area contributed by atoms with Crippen LogP contribution in [0.5, 0.6) is 11.5 Å². The molecule has 1 spiro atoms. The number of phenolic OH excluding ortho intramolecular Hbond substituents is 1. The molecule has 1 aliphatic carbocycles. The van der Waals surface area contributed by atoms with Crippen molar-refractivity contribution < 1.29 is 33.3 Å². The van der Waals surface area contributed by atoms with Crippen molar-refractivity contribution in [1.82, 2.24) is 14.8 Å². The van der Waals surface area contributed by atoms with E-state index in [1.807, 2.05) is 4.90 Å². The molecule has 12 heteroatoms. The van der Waals surface area contributed by atoms with E-state index in [1.54, 1.807) is 30.6 Å². The molecule has 4 aliphatic rings. The summed E-state index contributed by atoms with van der Waals surface area (Å²) in [6.45, 7) is 7.67. The lowest BCUT2D eigenvalue weighted by atomic mass is 10.0. The molecule has 10 nitrogen and oxygen atoms in total. The minimum Gasteiger partial charge on any atom is -0.507 e. The quantitative estimate of drug-likeness (QED) is 0.572. The summed E-state index contributed by atoms with van der Waals surface area (Å²) in [5.41, 5.74) is -0.927. The Morgan fingerprint density at radius 1 is 1.23 bits per heavy atom. The Morgan fingerprint density at radius 2 is 2.00 bits per heavy atom. The number of fused-ring (bicyclic) bond motifs is 2. The average molecular weight is 575 g/mol. The lowest BCUT2D eigenvalue weighted by molar-refractivity contribution is 0.000945. The Morgan fingerprint density at radius 3 is 2.70 bits per heavy atom. The van der Waals surface area contributed by atoms with Gasteiger partial charge in [-0.2, -0.15) is 0 Å². The van der Waals surface area contributed by atoms with Gasteiger partial charge in [0, 0.05) is 32.7 Å². The number of aromatic nitrogens is 1. The van der Waals surface area contributed by atoms with Gasteiger partial charge in [0.1, 0.15) is 45.9 Å². The first-order chi connectivity index (χ1) is 19.0. The monoisotopic (exact) mass is 574 g/mol. The second-order valence-electron chi connectivity index (χ2n) is 11.8. The molecular formula is C28H32ClFN4O6. The van der Waals surface area contributed by atoms with E-state index in [9.17, 15) is 14.7 Å². The Labute approximate surface area is 236 Å². The van der Waals surface area contributed by atoms with Crippen molar-refractivity contribution in [1.29, 1.82) is 0 Å². The first-order valence-corrected chi connectivity index (χ1v) is 13.9. The molecule has 1 saturated carbocycles. The molecule has 3 aliphatic heterocycles. The zero-order valence-electron chi connectivity index (χ0n) is 22.7. The Balaban J connectivity index is 1.42. The van der Waals surface area contributed by atoms with Crippen LogP contribution in [0.2, 0.25) is 5.02 Å². The standard InChI is InChI=1S/C28H32ClFN4O6/c1-27(2,3)40-26(37)32-9-10-34-16(13-32)14-38-23-20(25(34)36)24(33-11-12-39-28(15-33)7-8-28)31-22(21(23)29)19-17(30)5-4-6-18(19)35/h4-6,16,35H,7-15H2,1-3H3/t16-/m1/s1. The molecule has 2 aromatic rings. The van der Waals surface area contributed by atoms with Gasteiger partial charge < -0.3 is 34.0 Å². The Hall–Kier alpha value is -3.31. The van der Waals surface area contributed by atoms with Crippen molar-refractivity contribution in [2.45, 2.75) is 50.9 Å². The number of morpholine rings is 1. The zero-order chi connectivity index (χ0) is 28.4. The fourth-order valence-electron chi connectivity index (χ4n) is 5.55. The van der Waals surface area contributed by atoms with Crippen LogP contribution in [0.15, 0.2) is 18.2 Å². The molecule has 2 saturated heterocycles. The van der Waals surface area contributed by atoms with Crippen LogP contribution in [0.3, 0.4) is 0 Å². The highest BCUT2D eigenvalue weighted by atomic mass is 35.5. The highest BCUT2D eigenvalue weighted by Crippen LogP contribution is 2.48. The third kappa shape index (κ3) is 4.79. The van der Waals surface area contributed by atoms with E-state index < -0.39 is 23.6 Å². The summed E-state index contributed by atoms with van der Waals surface area (Å²) >= 11 is 6.81. The molecule has 1 aromatic carbocycles. The molecule has 0 bridgehead atoms. The number of carbonyl (C=O) groups excluding carboxylic acids is 2. The molecule has 1 atom stereocenters. The van der Waals surface area contributed by atoms with Gasteiger partial charge >= 0.3 is 6.09 Å². The van der Waals surface area contributed by atoms with E-state index in [2.05, 4.69) is 0 Å². The number of phenols is 1. The largest absolute Gasteiger partial charge is 0.507 e. The predicted molar refractivity (Wildman–Crippen MR) is 145 cm³/mol. The fourth-order valence-corrected chi connectivity index (χ4v) is 5.83. The number of carbonyl (C=O) groups is 2. The predicted octanol–water partition coefficient (Wildman–Crippen LogP) is 4.07. The lowest BCUT2D eigenvalue weighted by Crippen LogP contribution is -2.58. The smallest absolute Gasteiger partial charge is 0.410 e. The first-order valence-electron chi connectivity index (χ1n) is 13.5. The van der Waals surface area contributed by atoms with Gasteiger partial charge in [-0.3, -0.25) is 4.79 Å². The van der Waals surface area contributed by atoms with Gasteiger partial charge in [-0.15, -0.1) is 0 Å². The zero-order valence-corrected chi connectivity index (χ0v) is 23.5. The van der Waals surface area contributed by atoms with Gasteiger partial charge in [-0.05, 0) is 45.7 Å². The van der Waals surface area contributed by atoms with Crippen LogP contribution in [0.4, 0.5) is 15.0 Å². The van der Waals surface area contributed by atoms with E-state index in [0.29, 0.717) is 32.1 Å². The van der Waals surface area contributed by atoms with Crippen molar-refractivity contribution in [3.8, 4) is 22.8 Å². The van der Waals surface area contributed by atoms with Crippen molar-refractivity contribution in [2.75, 3.05) is 50.8 Å². The van der Waals surface area contributed by atoms with E-state index in [-0.39, 0.29) is 64.5 Å². The number of ether oxygens (including phenoxy) is 3. The summed E-state index contributed by atoms with van der Waals surface area (Å²) in [4.78, 5) is 36.9. The maximum Gasteiger partial charge on any atom is 0.410 e. The van der Waals surface area contributed by atoms with Crippen LogP contribution in [-0.4, -0.2) is 95.1 Å². The van der Waals surface area contributed by atoms with Crippen molar-refractivity contribution in [3.63, 3.8) is 0 Å². The molecular weight excluding hydrogens is 543 g/mol. The fraction of sp³-hybridized carbons (Fsp3) is 0.536. The summed E-state index contributed by atoms with van der Waals surface area (Å²) in [7, 11) is 0. The molecule has 40 heavy (non-hydrogen) atoms. The second kappa shape index (κ2) is 9.66. The summed E-state index contributed by atoms with van der Waals surface area (Å²) < 4.78 is 32.8. The average Bonchev–Trinajstić information content (AvgIpc) is 3.66. The highest BCUT2D eigenvalue weighted by Gasteiger charge is 2.49. The van der Waals surface area contributed by atoms with Gasteiger partial charge in [0.15, 0.2) is 5.75 Å². The number of amides is 2. The lowest BCUT2D eigenvalue weighted by Gasteiger charge is -2.40. The number of nitrogens with zero attached hydrogens (tertiary/aromatic N) is 4. The highest BCUT2D eigenvalue weighted by molar-refractivity contribution is 6.35. The number of pyridine rings is 1. The minimum atomic E-state index is -0.702. The third-order valence-electron chi connectivity index (χ3n) is 7.69. The number of halogens is 2. The Kier molecular flexibility index (Phi) is 6.49.